The van der Waals surface area contributed by atoms with Crippen LogP contribution in [0.25, 0.3) is 0 Å². The number of esters is 1. The van der Waals surface area contributed by atoms with Crippen molar-refractivity contribution in [2.75, 3.05) is 7.11 Å². The van der Waals surface area contributed by atoms with Gasteiger partial charge >= 0.3 is 5.97 Å². The molecule has 1 aliphatic rings. The first-order valence-corrected chi connectivity index (χ1v) is 7.11. The number of ketones is 1. The molecule has 1 fully saturated rings. The van der Waals surface area contributed by atoms with E-state index >= 15 is 0 Å². The minimum Gasteiger partial charge on any atom is -0.466 e. The Morgan fingerprint density at radius 2 is 1.70 bits per heavy atom. The van der Waals surface area contributed by atoms with Crippen LogP contribution in [0.2, 0.25) is 0 Å². The molecule has 3 nitrogen and oxygen atoms in total. The number of benzene rings is 1. The lowest BCUT2D eigenvalue weighted by Crippen LogP contribution is -2.05. The molecule has 0 heterocycles. The van der Waals surface area contributed by atoms with Crippen molar-refractivity contribution in [1.29, 1.82) is 0 Å². The molecule has 2 rings (SSSR count). The van der Waals surface area contributed by atoms with Gasteiger partial charge in [-0.3, -0.25) is 4.79 Å². The maximum absolute atomic E-state index is 11.9. The van der Waals surface area contributed by atoms with E-state index in [4.69, 9.17) is 0 Å². The number of carbonyl (C=O) groups excluding carboxylic acids is 2. The highest BCUT2D eigenvalue weighted by Gasteiger charge is 2.15. The van der Waals surface area contributed by atoms with Crippen LogP contribution in [-0.2, 0) is 9.53 Å². The Morgan fingerprint density at radius 3 is 2.30 bits per heavy atom. The fourth-order valence-corrected chi connectivity index (χ4v) is 2.66. The minimum absolute atomic E-state index is 0.175. The molecule has 106 valence electrons. The molecule has 1 saturated carbocycles. The average molecular weight is 272 g/mol. The lowest BCUT2D eigenvalue weighted by molar-refractivity contribution is -0.134. The molecular formula is C17H20O3. The Bertz CT molecular complexity index is 493. The zero-order valence-corrected chi connectivity index (χ0v) is 11.8. The van der Waals surface area contributed by atoms with Crippen molar-refractivity contribution in [3.63, 3.8) is 0 Å². The van der Waals surface area contributed by atoms with Crippen molar-refractivity contribution < 1.29 is 14.3 Å². The quantitative estimate of drug-likeness (QED) is 0.477. The van der Waals surface area contributed by atoms with Gasteiger partial charge in [-0.05, 0) is 30.4 Å². The summed E-state index contributed by atoms with van der Waals surface area (Å²) in [6.07, 6.45) is 8.83. The Hall–Kier alpha value is -1.90. The average Bonchev–Trinajstić information content (AvgIpc) is 2.53. The largest absolute Gasteiger partial charge is 0.466 e. The van der Waals surface area contributed by atoms with Crippen LogP contribution in [0, 0.1) is 0 Å². The normalized spacial score (nSPS) is 16.2. The molecule has 0 unspecified atom stereocenters. The van der Waals surface area contributed by atoms with E-state index in [1.165, 1.54) is 50.9 Å². The lowest BCUT2D eigenvalue weighted by atomic mass is 9.84. The van der Waals surface area contributed by atoms with Crippen LogP contribution in [-0.4, -0.2) is 18.9 Å². The van der Waals surface area contributed by atoms with E-state index in [2.05, 4.69) is 4.74 Å². The van der Waals surface area contributed by atoms with Crippen molar-refractivity contribution in [2.45, 2.75) is 38.0 Å². The van der Waals surface area contributed by atoms with Gasteiger partial charge in [0.25, 0.3) is 0 Å². The zero-order chi connectivity index (χ0) is 14.4. The third-order valence-electron chi connectivity index (χ3n) is 3.84. The van der Waals surface area contributed by atoms with Crippen LogP contribution >= 0.6 is 0 Å². The molecule has 1 aromatic rings. The standard InChI is InChI=1S/C17H20O3/c1-20-17(19)12-11-16(18)15-9-7-14(8-10-15)13-5-3-2-4-6-13/h7-13H,2-6H2,1H3/b12-11+. The maximum Gasteiger partial charge on any atom is 0.330 e. The van der Waals surface area contributed by atoms with E-state index in [0.29, 0.717) is 11.5 Å². The van der Waals surface area contributed by atoms with Crippen molar-refractivity contribution in [3.05, 3.63) is 47.5 Å². The van der Waals surface area contributed by atoms with Gasteiger partial charge in [0.05, 0.1) is 7.11 Å². The number of allylic oxidation sites excluding steroid dienone is 1. The zero-order valence-electron chi connectivity index (χ0n) is 11.8. The second kappa shape index (κ2) is 7.04. The molecule has 20 heavy (non-hydrogen) atoms. The van der Waals surface area contributed by atoms with Gasteiger partial charge in [0.15, 0.2) is 5.78 Å². The van der Waals surface area contributed by atoms with Crippen LogP contribution in [0.4, 0.5) is 0 Å². The Labute approximate surface area is 119 Å². The van der Waals surface area contributed by atoms with Crippen LogP contribution < -0.4 is 0 Å². The van der Waals surface area contributed by atoms with Crippen molar-refractivity contribution in [3.8, 4) is 0 Å². The van der Waals surface area contributed by atoms with E-state index in [1.807, 2.05) is 24.3 Å². The summed E-state index contributed by atoms with van der Waals surface area (Å²) in [7, 11) is 1.29. The Balaban J connectivity index is 2.02. The molecule has 0 saturated heterocycles. The number of ether oxygens (including phenoxy) is 1. The van der Waals surface area contributed by atoms with Crippen LogP contribution in [0.5, 0.6) is 0 Å². The predicted octanol–water partition coefficient (Wildman–Crippen LogP) is 3.65. The highest BCUT2D eigenvalue weighted by Crippen LogP contribution is 2.32. The number of hydrogen-bond donors (Lipinski definition) is 0. The summed E-state index contributed by atoms with van der Waals surface area (Å²) < 4.78 is 4.46. The fraction of sp³-hybridized carbons (Fsp3) is 0.412. The summed E-state index contributed by atoms with van der Waals surface area (Å²) >= 11 is 0. The summed E-state index contributed by atoms with van der Waals surface area (Å²) in [4.78, 5) is 22.8. The Morgan fingerprint density at radius 1 is 1.05 bits per heavy atom. The lowest BCUT2D eigenvalue weighted by Gasteiger charge is -2.21. The van der Waals surface area contributed by atoms with Gasteiger partial charge in [-0.2, -0.15) is 0 Å². The van der Waals surface area contributed by atoms with Gasteiger partial charge in [0, 0.05) is 11.6 Å². The molecule has 0 atom stereocenters. The Kier molecular flexibility index (Phi) is 5.10. The summed E-state index contributed by atoms with van der Waals surface area (Å²) in [5, 5.41) is 0. The van der Waals surface area contributed by atoms with E-state index in [0.717, 1.165) is 6.08 Å². The molecule has 0 aromatic heterocycles. The molecule has 0 bridgehead atoms. The number of methoxy groups -OCH3 is 1. The molecule has 0 radical (unpaired) electrons. The third-order valence-corrected chi connectivity index (χ3v) is 3.84. The monoisotopic (exact) mass is 272 g/mol. The molecule has 0 spiro atoms. The van der Waals surface area contributed by atoms with Gasteiger partial charge in [0.2, 0.25) is 0 Å². The van der Waals surface area contributed by atoms with Crippen molar-refractivity contribution in [1.82, 2.24) is 0 Å². The van der Waals surface area contributed by atoms with Gasteiger partial charge < -0.3 is 4.74 Å². The van der Waals surface area contributed by atoms with Crippen LogP contribution in [0.3, 0.4) is 0 Å². The molecule has 0 amide bonds. The van der Waals surface area contributed by atoms with Gasteiger partial charge in [-0.15, -0.1) is 0 Å². The highest BCUT2D eigenvalue weighted by atomic mass is 16.5. The first-order chi connectivity index (χ1) is 9.70. The second-order valence-electron chi connectivity index (χ2n) is 5.18. The van der Waals surface area contributed by atoms with Crippen LogP contribution in [0.1, 0.15) is 53.9 Å². The first-order valence-electron chi connectivity index (χ1n) is 7.11. The fourth-order valence-electron chi connectivity index (χ4n) is 2.66. The highest BCUT2D eigenvalue weighted by molar-refractivity contribution is 6.06. The van der Waals surface area contributed by atoms with E-state index in [9.17, 15) is 9.59 Å². The smallest absolute Gasteiger partial charge is 0.330 e. The van der Waals surface area contributed by atoms with Gasteiger partial charge in [-0.25, -0.2) is 4.79 Å². The van der Waals surface area contributed by atoms with E-state index in [1.54, 1.807) is 0 Å². The number of carbonyl (C=O) groups is 2. The molecular weight excluding hydrogens is 252 g/mol. The predicted molar refractivity (Wildman–Crippen MR) is 77.8 cm³/mol. The van der Waals surface area contributed by atoms with Gasteiger partial charge in [-0.1, -0.05) is 43.5 Å². The number of rotatable bonds is 4. The molecule has 1 aromatic carbocycles. The number of hydrogen-bond acceptors (Lipinski definition) is 3. The van der Waals surface area contributed by atoms with Crippen molar-refractivity contribution in [2.24, 2.45) is 0 Å². The second-order valence-corrected chi connectivity index (χ2v) is 5.18. The van der Waals surface area contributed by atoms with E-state index < -0.39 is 5.97 Å². The van der Waals surface area contributed by atoms with Crippen molar-refractivity contribution >= 4 is 11.8 Å². The van der Waals surface area contributed by atoms with Gasteiger partial charge in [0.1, 0.15) is 0 Å². The summed E-state index contributed by atoms with van der Waals surface area (Å²) in [5.74, 6) is -0.0544. The maximum atomic E-state index is 11.9. The summed E-state index contributed by atoms with van der Waals surface area (Å²) in [6, 6.07) is 7.76. The summed E-state index contributed by atoms with van der Waals surface area (Å²) in [6.45, 7) is 0. The minimum atomic E-state index is -0.517. The first kappa shape index (κ1) is 14.5. The topological polar surface area (TPSA) is 43.4 Å². The third kappa shape index (κ3) is 3.80. The van der Waals surface area contributed by atoms with E-state index in [-0.39, 0.29) is 5.78 Å². The SMILES string of the molecule is COC(=O)/C=C/C(=O)c1ccc(C2CCCCC2)cc1. The molecule has 3 heteroatoms. The molecule has 0 aliphatic heterocycles. The molecule has 0 N–H and O–H groups in total. The molecule has 1 aliphatic carbocycles. The summed E-state index contributed by atoms with van der Waals surface area (Å²) in [5.41, 5.74) is 1.92. The van der Waals surface area contributed by atoms with Crippen LogP contribution in [0.15, 0.2) is 36.4 Å².